The van der Waals surface area contributed by atoms with Crippen LogP contribution in [-0.2, 0) is 13.5 Å². The molecule has 74 valence electrons. The normalized spacial score (nSPS) is 10.7. The summed E-state index contributed by atoms with van der Waals surface area (Å²) in [6, 6.07) is 0. The average molecular weight is 202 g/mol. The molecule has 0 radical (unpaired) electrons. The van der Waals surface area contributed by atoms with E-state index >= 15 is 0 Å². The lowest BCUT2D eigenvalue weighted by Gasteiger charge is -2.02. The Morgan fingerprint density at radius 2 is 2.15 bits per heavy atom. The van der Waals surface area contributed by atoms with Gasteiger partial charge in [0, 0.05) is 7.05 Å². The molecular formula is C9H16ClN3. The molecule has 0 aliphatic heterocycles. The third-order valence-corrected chi connectivity index (χ3v) is 2.52. The topological polar surface area (TPSA) is 43.8 Å². The summed E-state index contributed by atoms with van der Waals surface area (Å²) < 4.78 is 1.86. The zero-order valence-electron chi connectivity index (χ0n) is 8.18. The second-order valence-electron chi connectivity index (χ2n) is 3.22. The Kier molecular flexibility index (Phi) is 3.60. The fraction of sp³-hybridized carbons (Fsp3) is 0.667. The molecule has 0 saturated carbocycles. The molecule has 0 aromatic carbocycles. The van der Waals surface area contributed by atoms with Crippen molar-refractivity contribution in [2.24, 2.45) is 7.05 Å². The third-order valence-electron chi connectivity index (χ3n) is 2.22. The summed E-state index contributed by atoms with van der Waals surface area (Å²) >= 11 is 5.92. The summed E-state index contributed by atoms with van der Waals surface area (Å²) in [5, 5.41) is 0.552. The lowest BCUT2D eigenvalue weighted by molar-refractivity contribution is 0.688. The molecule has 0 amide bonds. The van der Waals surface area contributed by atoms with Crippen molar-refractivity contribution < 1.29 is 0 Å². The summed E-state index contributed by atoms with van der Waals surface area (Å²) in [6.45, 7) is 2.18. The largest absolute Gasteiger partial charge is 0.369 e. The first-order chi connectivity index (χ1) is 6.16. The summed E-state index contributed by atoms with van der Waals surface area (Å²) in [5.41, 5.74) is 6.66. The number of aromatic nitrogens is 2. The Labute approximate surface area is 83.9 Å². The zero-order chi connectivity index (χ0) is 9.84. The Bertz CT molecular complexity index is 281. The first-order valence-corrected chi connectivity index (χ1v) is 5.01. The number of unbranched alkanes of at least 4 members (excludes halogenated alkanes) is 2. The molecule has 0 atom stereocenters. The first-order valence-electron chi connectivity index (χ1n) is 4.63. The van der Waals surface area contributed by atoms with Gasteiger partial charge in [-0.3, -0.25) is 0 Å². The van der Waals surface area contributed by atoms with Crippen LogP contribution in [0.5, 0.6) is 0 Å². The predicted molar refractivity (Wildman–Crippen MR) is 55.9 cm³/mol. The summed E-state index contributed by atoms with van der Waals surface area (Å²) in [6.07, 6.45) is 4.55. The molecule has 0 aliphatic carbocycles. The molecule has 3 nitrogen and oxygen atoms in total. The maximum atomic E-state index is 5.92. The van der Waals surface area contributed by atoms with E-state index in [4.69, 9.17) is 17.3 Å². The highest BCUT2D eigenvalue weighted by Gasteiger charge is 2.09. The zero-order valence-corrected chi connectivity index (χ0v) is 8.93. The number of anilines is 1. The van der Waals surface area contributed by atoms with Crippen LogP contribution in [0, 0.1) is 0 Å². The lowest BCUT2D eigenvalue weighted by Crippen LogP contribution is -2.01. The molecule has 1 aromatic rings. The van der Waals surface area contributed by atoms with Crippen molar-refractivity contribution in [2.45, 2.75) is 32.6 Å². The minimum absolute atomic E-state index is 0.497. The van der Waals surface area contributed by atoms with Crippen molar-refractivity contribution >= 4 is 17.5 Å². The van der Waals surface area contributed by atoms with Crippen LogP contribution in [0.25, 0.3) is 0 Å². The van der Waals surface area contributed by atoms with Crippen molar-refractivity contribution in [1.29, 1.82) is 0 Å². The predicted octanol–water partition coefficient (Wildman–Crippen LogP) is 2.39. The molecule has 1 heterocycles. The molecule has 0 unspecified atom stereocenters. The van der Waals surface area contributed by atoms with E-state index in [1.807, 2.05) is 11.6 Å². The van der Waals surface area contributed by atoms with Crippen molar-refractivity contribution in [3.63, 3.8) is 0 Å². The van der Waals surface area contributed by atoms with Gasteiger partial charge in [-0.1, -0.05) is 31.4 Å². The van der Waals surface area contributed by atoms with Crippen LogP contribution in [0.4, 0.5) is 5.95 Å². The maximum Gasteiger partial charge on any atom is 0.201 e. The van der Waals surface area contributed by atoms with Crippen LogP contribution in [0.1, 0.15) is 31.9 Å². The Hall–Kier alpha value is -0.700. The quantitative estimate of drug-likeness (QED) is 0.761. The molecule has 1 rings (SSSR count). The highest BCUT2D eigenvalue weighted by atomic mass is 35.5. The van der Waals surface area contributed by atoms with Crippen LogP contribution < -0.4 is 5.73 Å². The van der Waals surface area contributed by atoms with Crippen LogP contribution >= 0.6 is 11.6 Å². The monoisotopic (exact) mass is 201 g/mol. The number of halogens is 1. The number of nitrogen functional groups attached to an aromatic ring is 1. The Morgan fingerprint density at radius 3 is 2.62 bits per heavy atom. The number of nitrogens with zero attached hydrogens (tertiary/aromatic N) is 2. The van der Waals surface area contributed by atoms with Crippen molar-refractivity contribution in [1.82, 2.24) is 9.55 Å². The Morgan fingerprint density at radius 1 is 1.46 bits per heavy atom. The van der Waals surface area contributed by atoms with Gasteiger partial charge in [-0.05, 0) is 12.8 Å². The number of rotatable bonds is 4. The molecule has 4 heteroatoms. The molecule has 13 heavy (non-hydrogen) atoms. The number of imidazole rings is 1. The average Bonchev–Trinajstić information content (AvgIpc) is 2.32. The van der Waals surface area contributed by atoms with Crippen molar-refractivity contribution in [3.05, 3.63) is 10.8 Å². The van der Waals surface area contributed by atoms with Gasteiger partial charge in [0.2, 0.25) is 5.95 Å². The van der Waals surface area contributed by atoms with Gasteiger partial charge in [0.15, 0.2) is 5.15 Å². The van der Waals surface area contributed by atoms with Crippen LogP contribution in [0.2, 0.25) is 5.15 Å². The SMILES string of the molecule is CCCCCc1c(Cl)nc(N)n1C. The molecule has 0 saturated heterocycles. The van der Waals surface area contributed by atoms with Gasteiger partial charge in [-0.25, -0.2) is 4.98 Å². The van der Waals surface area contributed by atoms with E-state index in [2.05, 4.69) is 11.9 Å². The van der Waals surface area contributed by atoms with E-state index in [0.717, 1.165) is 18.5 Å². The van der Waals surface area contributed by atoms with Crippen LogP contribution in [0.3, 0.4) is 0 Å². The summed E-state index contributed by atoms with van der Waals surface area (Å²) in [5.74, 6) is 0.497. The van der Waals surface area contributed by atoms with Gasteiger partial charge >= 0.3 is 0 Å². The van der Waals surface area contributed by atoms with E-state index in [0.29, 0.717) is 11.1 Å². The second kappa shape index (κ2) is 4.51. The highest BCUT2D eigenvalue weighted by molar-refractivity contribution is 6.30. The molecular weight excluding hydrogens is 186 g/mol. The van der Waals surface area contributed by atoms with E-state index in [-0.39, 0.29) is 0 Å². The van der Waals surface area contributed by atoms with Crippen LogP contribution in [0.15, 0.2) is 0 Å². The molecule has 0 bridgehead atoms. The second-order valence-corrected chi connectivity index (χ2v) is 3.58. The molecule has 0 spiro atoms. The minimum Gasteiger partial charge on any atom is -0.369 e. The van der Waals surface area contributed by atoms with Gasteiger partial charge in [0.25, 0.3) is 0 Å². The first kappa shape index (κ1) is 10.4. The van der Waals surface area contributed by atoms with Gasteiger partial charge < -0.3 is 10.3 Å². The van der Waals surface area contributed by atoms with Crippen molar-refractivity contribution in [3.8, 4) is 0 Å². The van der Waals surface area contributed by atoms with E-state index in [1.54, 1.807) is 0 Å². The maximum absolute atomic E-state index is 5.92. The molecule has 0 aliphatic rings. The number of hydrogen-bond donors (Lipinski definition) is 1. The van der Waals surface area contributed by atoms with E-state index < -0.39 is 0 Å². The number of hydrogen-bond acceptors (Lipinski definition) is 2. The van der Waals surface area contributed by atoms with Gasteiger partial charge in [-0.2, -0.15) is 0 Å². The van der Waals surface area contributed by atoms with Crippen LogP contribution in [-0.4, -0.2) is 9.55 Å². The minimum atomic E-state index is 0.497. The van der Waals surface area contributed by atoms with Crippen molar-refractivity contribution in [2.75, 3.05) is 5.73 Å². The smallest absolute Gasteiger partial charge is 0.201 e. The number of nitrogens with two attached hydrogens (primary N) is 1. The lowest BCUT2D eigenvalue weighted by atomic mass is 10.2. The molecule has 1 aromatic heterocycles. The van der Waals surface area contributed by atoms with Gasteiger partial charge in [-0.15, -0.1) is 0 Å². The van der Waals surface area contributed by atoms with E-state index in [1.165, 1.54) is 12.8 Å². The van der Waals surface area contributed by atoms with Gasteiger partial charge in [0.1, 0.15) is 0 Å². The standard InChI is InChI=1S/C9H16ClN3/c1-3-4-5-6-7-8(10)12-9(11)13(7)2/h3-6H2,1-2H3,(H2,11,12). The Balaban J connectivity index is 2.64. The van der Waals surface area contributed by atoms with Gasteiger partial charge in [0.05, 0.1) is 5.69 Å². The summed E-state index contributed by atoms with van der Waals surface area (Å²) in [7, 11) is 1.90. The summed E-state index contributed by atoms with van der Waals surface area (Å²) in [4.78, 5) is 4.00. The highest BCUT2D eigenvalue weighted by Crippen LogP contribution is 2.19. The van der Waals surface area contributed by atoms with E-state index in [9.17, 15) is 0 Å². The fourth-order valence-corrected chi connectivity index (χ4v) is 1.64. The third kappa shape index (κ3) is 2.37. The fourth-order valence-electron chi connectivity index (χ4n) is 1.33. The molecule has 0 fully saturated rings. The molecule has 2 N–H and O–H groups in total.